The van der Waals surface area contributed by atoms with Gasteiger partial charge in [0.1, 0.15) is 13.2 Å². The molecule has 0 heterocycles. The number of ether oxygens (including phenoxy) is 3. The maximum atomic E-state index is 12.8. The van der Waals surface area contributed by atoms with E-state index in [0.29, 0.717) is 19.3 Å². The summed E-state index contributed by atoms with van der Waals surface area (Å²) in [6, 6.07) is 0. The number of hydrogen-bond acceptors (Lipinski definition) is 6. The fourth-order valence-corrected chi connectivity index (χ4v) is 7.81. The van der Waals surface area contributed by atoms with Crippen LogP contribution in [0.15, 0.2) is 0 Å². The predicted octanol–water partition coefficient (Wildman–Crippen LogP) is 16.5. The molecule has 344 valence electrons. The molecule has 0 aromatic carbocycles. The molecule has 0 aliphatic rings. The molecule has 58 heavy (non-hydrogen) atoms. The number of carbonyl (C=O) groups excluding carboxylic acids is 3. The third-order valence-electron chi connectivity index (χ3n) is 11.7. The van der Waals surface area contributed by atoms with Gasteiger partial charge in [0.2, 0.25) is 0 Å². The van der Waals surface area contributed by atoms with E-state index >= 15 is 0 Å². The van der Waals surface area contributed by atoms with Gasteiger partial charge < -0.3 is 14.2 Å². The van der Waals surface area contributed by atoms with E-state index in [4.69, 9.17) is 14.2 Å². The SMILES string of the molecule is CCCCCCCCCCCCCCCCC(=O)OC[C@H](COC(=O)CCCCCCCCCCC(C)C)OC(=O)CCCCCCCCCCCCCCC(C)C. The summed E-state index contributed by atoms with van der Waals surface area (Å²) in [5, 5.41) is 0. The van der Waals surface area contributed by atoms with Gasteiger partial charge in [-0.2, -0.15) is 0 Å². The summed E-state index contributed by atoms with van der Waals surface area (Å²) >= 11 is 0. The Balaban J connectivity index is 4.31. The van der Waals surface area contributed by atoms with Crippen LogP contribution in [0.25, 0.3) is 0 Å². The Morgan fingerprint density at radius 3 is 0.845 bits per heavy atom. The van der Waals surface area contributed by atoms with Crippen molar-refractivity contribution in [2.75, 3.05) is 13.2 Å². The quantitative estimate of drug-likeness (QED) is 0.0346. The molecule has 0 unspecified atom stereocenters. The van der Waals surface area contributed by atoms with Gasteiger partial charge in [-0.3, -0.25) is 14.4 Å². The van der Waals surface area contributed by atoms with Crippen molar-refractivity contribution in [2.45, 2.75) is 291 Å². The molecular weight excluding hydrogens is 721 g/mol. The zero-order valence-electron chi connectivity index (χ0n) is 39.7. The fraction of sp³-hybridized carbons (Fsp3) is 0.942. The van der Waals surface area contributed by atoms with Crippen LogP contribution in [0.1, 0.15) is 285 Å². The van der Waals surface area contributed by atoms with Gasteiger partial charge in [-0.25, -0.2) is 0 Å². The smallest absolute Gasteiger partial charge is 0.306 e. The molecule has 0 aliphatic heterocycles. The van der Waals surface area contributed by atoms with Crippen LogP contribution in [-0.4, -0.2) is 37.2 Å². The molecule has 1 atom stereocenters. The molecule has 0 amide bonds. The number of unbranched alkanes of at least 4 members (excludes halogenated alkanes) is 31. The standard InChI is InChI=1S/C52H100O6/c1-6-7-8-9-10-11-12-13-14-18-21-27-32-37-42-50(53)56-45-49(46-57-51(54)43-38-33-28-24-23-26-31-36-41-48(4)5)58-52(55)44-39-34-29-22-19-16-15-17-20-25-30-35-40-47(2)3/h47-49H,6-46H2,1-5H3/t49-/m1/s1. The van der Waals surface area contributed by atoms with Gasteiger partial charge >= 0.3 is 17.9 Å². The Morgan fingerprint density at radius 2 is 0.569 bits per heavy atom. The molecule has 0 aliphatic carbocycles. The molecule has 0 rings (SSSR count). The summed E-state index contributed by atoms with van der Waals surface area (Å²) in [4.78, 5) is 37.9. The summed E-state index contributed by atoms with van der Waals surface area (Å²) in [6.45, 7) is 11.3. The van der Waals surface area contributed by atoms with E-state index < -0.39 is 6.10 Å². The number of esters is 3. The van der Waals surface area contributed by atoms with Crippen LogP contribution >= 0.6 is 0 Å². The maximum Gasteiger partial charge on any atom is 0.306 e. The lowest BCUT2D eigenvalue weighted by Crippen LogP contribution is -2.30. The monoisotopic (exact) mass is 821 g/mol. The molecule has 0 saturated heterocycles. The zero-order chi connectivity index (χ0) is 42.6. The molecule has 0 fully saturated rings. The summed E-state index contributed by atoms with van der Waals surface area (Å²) in [5.74, 6) is 0.779. The molecule has 0 aromatic rings. The van der Waals surface area contributed by atoms with Crippen molar-refractivity contribution >= 4 is 17.9 Å². The van der Waals surface area contributed by atoms with E-state index in [9.17, 15) is 14.4 Å². The third-order valence-corrected chi connectivity index (χ3v) is 11.7. The highest BCUT2D eigenvalue weighted by molar-refractivity contribution is 5.71. The summed E-state index contributed by atoms with van der Waals surface area (Å²) < 4.78 is 16.8. The Hall–Kier alpha value is -1.59. The minimum absolute atomic E-state index is 0.0639. The maximum absolute atomic E-state index is 12.8. The van der Waals surface area contributed by atoms with Crippen molar-refractivity contribution in [3.63, 3.8) is 0 Å². The molecular formula is C52H100O6. The van der Waals surface area contributed by atoms with Crippen molar-refractivity contribution in [1.29, 1.82) is 0 Å². The highest BCUT2D eigenvalue weighted by Crippen LogP contribution is 2.17. The first kappa shape index (κ1) is 56.4. The van der Waals surface area contributed by atoms with Crippen LogP contribution in [0.2, 0.25) is 0 Å². The summed E-state index contributed by atoms with van der Waals surface area (Å²) in [6.07, 6.45) is 45.2. The van der Waals surface area contributed by atoms with Gasteiger partial charge in [0.05, 0.1) is 0 Å². The predicted molar refractivity (Wildman–Crippen MR) is 247 cm³/mol. The number of hydrogen-bond donors (Lipinski definition) is 0. The topological polar surface area (TPSA) is 78.9 Å². The molecule has 6 nitrogen and oxygen atoms in total. The van der Waals surface area contributed by atoms with Crippen molar-refractivity contribution in [3.05, 3.63) is 0 Å². The Labute approximate surface area is 361 Å². The lowest BCUT2D eigenvalue weighted by atomic mass is 10.0. The van der Waals surface area contributed by atoms with Crippen LogP contribution in [-0.2, 0) is 28.6 Å². The van der Waals surface area contributed by atoms with Crippen LogP contribution in [0.5, 0.6) is 0 Å². The first-order valence-electron chi connectivity index (χ1n) is 25.7. The fourth-order valence-electron chi connectivity index (χ4n) is 7.81. The van der Waals surface area contributed by atoms with Gasteiger partial charge in [0.25, 0.3) is 0 Å². The minimum Gasteiger partial charge on any atom is -0.462 e. The van der Waals surface area contributed by atoms with Crippen molar-refractivity contribution < 1.29 is 28.6 Å². The largest absolute Gasteiger partial charge is 0.462 e. The van der Waals surface area contributed by atoms with Crippen molar-refractivity contribution in [1.82, 2.24) is 0 Å². The second-order valence-electron chi connectivity index (χ2n) is 18.8. The lowest BCUT2D eigenvalue weighted by molar-refractivity contribution is -0.167. The van der Waals surface area contributed by atoms with Crippen LogP contribution in [0.4, 0.5) is 0 Å². The Kier molecular flexibility index (Phi) is 43.7. The van der Waals surface area contributed by atoms with Crippen LogP contribution < -0.4 is 0 Å². The zero-order valence-corrected chi connectivity index (χ0v) is 39.7. The number of carbonyl (C=O) groups is 3. The molecule has 6 heteroatoms. The molecule has 0 spiro atoms. The average molecular weight is 821 g/mol. The molecule has 0 N–H and O–H groups in total. The molecule has 0 bridgehead atoms. The highest BCUT2D eigenvalue weighted by Gasteiger charge is 2.19. The van der Waals surface area contributed by atoms with E-state index in [1.807, 2.05) is 0 Å². The normalized spacial score (nSPS) is 12.1. The van der Waals surface area contributed by atoms with Gasteiger partial charge in [-0.15, -0.1) is 0 Å². The van der Waals surface area contributed by atoms with Crippen molar-refractivity contribution in [3.8, 4) is 0 Å². The van der Waals surface area contributed by atoms with Gasteiger partial charge in [-0.05, 0) is 31.1 Å². The minimum atomic E-state index is -0.761. The summed E-state index contributed by atoms with van der Waals surface area (Å²) in [7, 11) is 0. The van der Waals surface area contributed by atoms with Gasteiger partial charge in [-0.1, -0.05) is 247 Å². The van der Waals surface area contributed by atoms with E-state index in [0.717, 1.165) is 69.6 Å². The Morgan fingerprint density at radius 1 is 0.328 bits per heavy atom. The van der Waals surface area contributed by atoms with E-state index in [1.54, 1.807) is 0 Å². The first-order chi connectivity index (χ1) is 28.2. The second-order valence-corrected chi connectivity index (χ2v) is 18.8. The van der Waals surface area contributed by atoms with Crippen molar-refractivity contribution in [2.24, 2.45) is 11.8 Å². The average Bonchev–Trinajstić information content (AvgIpc) is 3.19. The molecule has 0 saturated carbocycles. The van der Waals surface area contributed by atoms with Gasteiger partial charge in [0, 0.05) is 19.3 Å². The summed E-state index contributed by atoms with van der Waals surface area (Å²) in [5.41, 5.74) is 0. The first-order valence-corrected chi connectivity index (χ1v) is 25.7. The molecule has 0 radical (unpaired) electrons. The second kappa shape index (κ2) is 44.9. The Bertz CT molecular complexity index is 885. The highest BCUT2D eigenvalue weighted by atomic mass is 16.6. The lowest BCUT2D eigenvalue weighted by Gasteiger charge is -2.18. The molecule has 0 aromatic heterocycles. The van der Waals surface area contributed by atoms with Crippen LogP contribution in [0, 0.1) is 11.8 Å². The van der Waals surface area contributed by atoms with E-state index in [2.05, 4.69) is 34.6 Å². The third kappa shape index (κ3) is 45.5. The van der Waals surface area contributed by atoms with E-state index in [1.165, 1.54) is 173 Å². The van der Waals surface area contributed by atoms with E-state index in [-0.39, 0.29) is 31.1 Å². The van der Waals surface area contributed by atoms with Gasteiger partial charge in [0.15, 0.2) is 6.10 Å². The number of rotatable bonds is 46. The van der Waals surface area contributed by atoms with Crippen LogP contribution in [0.3, 0.4) is 0 Å².